The zero-order valence-electron chi connectivity index (χ0n) is 8.12. The highest BCUT2D eigenvalue weighted by Crippen LogP contribution is 2.13. The fraction of sp³-hybridized carbons (Fsp3) is 0.500. The second-order valence-corrected chi connectivity index (χ2v) is 3.47. The molecule has 1 heterocycles. The molecular formula is C10H16N2O. The molecule has 0 saturated carbocycles. The third-order valence-corrected chi connectivity index (χ3v) is 1.77. The molecule has 1 aromatic heterocycles. The molecule has 0 fully saturated rings. The fourth-order valence-electron chi connectivity index (χ4n) is 1.04. The fourth-order valence-corrected chi connectivity index (χ4v) is 1.04. The van der Waals surface area contributed by atoms with Crippen molar-refractivity contribution in [1.29, 1.82) is 0 Å². The summed E-state index contributed by atoms with van der Waals surface area (Å²) in [7, 11) is 0. The van der Waals surface area contributed by atoms with Gasteiger partial charge in [-0.2, -0.15) is 0 Å². The minimum atomic E-state index is 0.0360. The Kier molecular flexibility index (Phi) is 3.71. The smallest absolute Gasteiger partial charge is 0.0717 e. The third kappa shape index (κ3) is 3.03. The lowest BCUT2D eigenvalue weighted by Gasteiger charge is -2.11. The standard InChI is InChI=1S/C10H16N2O/c1-8(2)5-12-10-3-4-11-6-9(10)7-13/h3-4,6,8,13H,5,7H2,1-2H3,(H,11,12). The molecule has 0 aliphatic heterocycles. The molecule has 3 nitrogen and oxygen atoms in total. The molecule has 0 aromatic carbocycles. The van der Waals surface area contributed by atoms with Crippen LogP contribution in [0.5, 0.6) is 0 Å². The second-order valence-electron chi connectivity index (χ2n) is 3.47. The SMILES string of the molecule is CC(C)CNc1ccncc1CO. The first-order valence-electron chi connectivity index (χ1n) is 4.51. The summed E-state index contributed by atoms with van der Waals surface area (Å²) in [5.41, 5.74) is 1.83. The third-order valence-electron chi connectivity index (χ3n) is 1.77. The van der Waals surface area contributed by atoms with Gasteiger partial charge in [-0.1, -0.05) is 13.8 Å². The lowest BCUT2D eigenvalue weighted by Crippen LogP contribution is -2.09. The van der Waals surface area contributed by atoms with Crippen LogP contribution in [-0.4, -0.2) is 16.6 Å². The molecule has 0 radical (unpaired) electrons. The van der Waals surface area contributed by atoms with Crippen LogP contribution < -0.4 is 5.32 Å². The predicted molar refractivity (Wildman–Crippen MR) is 53.5 cm³/mol. The molecule has 0 aliphatic rings. The molecule has 0 saturated heterocycles. The van der Waals surface area contributed by atoms with Gasteiger partial charge < -0.3 is 10.4 Å². The van der Waals surface area contributed by atoms with Gasteiger partial charge in [0.2, 0.25) is 0 Å². The maximum absolute atomic E-state index is 9.00. The van der Waals surface area contributed by atoms with E-state index in [1.807, 2.05) is 6.07 Å². The first kappa shape index (κ1) is 9.99. The summed E-state index contributed by atoms with van der Waals surface area (Å²) in [4.78, 5) is 3.94. The van der Waals surface area contributed by atoms with Crippen LogP contribution in [0.4, 0.5) is 5.69 Å². The molecule has 72 valence electrons. The summed E-state index contributed by atoms with van der Waals surface area (Å²) >= 11 is 0. The summed E-state index contributed by atoms with van der Waals surface area (Å²) in [5.74, 6) is 0.597. The molecule has 0 atom stereocenters. The molecule has 13 heavy (non-hydrogen) atoms. The normalized spacial score (nSPS) is 10.5. The molecule has 3 heteroatoms. The number of hydrogen-bond acceptors (Lipinski definition) is 3. The van der Waals surface area contributed by atoms with Crippen molar-refractivity contribution in [2.75, 3.05) is 11.9 Å². The molecule has 0 amide bonds. The topological polar surface area (TPSA) is 45.2 Å². The zero-order valence-corrected chi connectivity index (χ0v) is 8.12. The molecule has 1 rings (SSSR count). The number of aromatic nitrogens is 1. The summed E-state index contributed by atoms with van der Waals surface area (Å²) in [6.45, 7) is 5.24. The number of anilines is 1. The molecule has 0 aliphatic carbocycles. The van der Waals surface area contributed by atoms with E-state index in [0.717, 1.165) is 17.8 Å². The van der Waals surface area contributed by atoms with Gasteiger partial charge in [0.1, 0.15) is 0 Å². The molecule has 0 bridgehead atoms. The van der Waals surface area contributed by atoms with Crippen molar-refractivity contribution in [3.63, 3.8) is 0 Å². The Morgan fingerprint density at radius 1 is 1.54 bits per heavy atom. The number of pyridine rings is 1. The number of aliphatic hydroxyl groups is 1. The van der Waals surface area contributed by atoms with E-state index in [1.54, 1.807) is 12.4 Å². The highest BCUT2D eigenvalue weighted by Gasteiger charge is 2.00. The summed E-state index contributed by atoms with van der Waals surface area (Å²) in [6.07, 6.45) is 3.41. The Labute approximate surface area is 78.8 Å². The van der Waals surface area contributed by atoms with Gasteiger partial charge in [0.05, 0.1) is 6.61 Å². The minimum Gasteiger partial charge on any atom is -0.392 e. The van der Waals surface area contributed by atoms with Gasteiger partial charge >= 0.3 is 0 Å². The first-order valence-corrected chi connectivity index (χ1v) is 4.51. The first-order chi connectivity index (χ1) is 6.24. The maximum Gasteiger partial charge on any atom is 0.0717 e. The number of aliphatic hydroxyl groups excluding tert-OH is 1. The van der Waals surface area contributed by atoms with E-state index < -0.39 is 0 Å². The molecule has 2 N–H and O–H groups in total. The average molecular weight is 180 g/mol. The van der Waals surface area contributed by atoms with E-state index in [9.17, 15) is 0 Å². The van der Waals surface area contributed by atoms with Crippen molar-refractivity contribution in [3.8, 4) is 0 Å². The molecule has 0 unspecified atom stereocenters. The number of hydrogen-bond donors (Lipinski definition) is 2. The van der Waals surface area contributed by atoms with Crippen LogP contribution in [0.1, 0.15) is 19.4 Å². The van der Waals surface area contributed by atoms with Gasteiger partial charge in [-0.05, 0) is 12.0 Å². The van der Waals surface area contributed by atoms with E-state index in [1.165, 1.54) is 0 Å². The Bertz CT molecular complexity index is 261. The van der Waals surface area contributed by atoms with Crippen LogP contribution >= 0.6 is 0 Å². The van der Waals surface area contributed by atoms with Crippen LogP contribution in [0.2, 0.25) is 0 Å². The van der Waals surface area contributed by atoms with E-state index in [2.05, 4.69) is 24.1 Å². The number of nitrogens with one attached hydrogen (secondary N) is 1. The zero-order chi connectivity index (χ0) is 9.68. The van der Waals surface area contributed by atoms with Crippen LogP contribution in [0.3, 0.4) is 0 Å². The van der Waals surface area contributed by atoms with Crippen molar-refractivity contribution in [1.82, 2.24) is 4.98 Å². The Hall–Kier alpha value is -1.09. The highest BCUT2D eigenvalue weighted by atomic mass is 16.3. The Balaban J connectivity index is 2.64. The number of rotatable bonds is 4. The van der Waals surface area contributed by atoms with Crippen molar-refractivity contribution >= 4 is 5.69 Å². The quantitative estimate of drug-likeness (QED) is 0.740. The van der Waals surface area contributed by atoms with Gasteiger partial charge in [0.25, 0.3) is 0 Å². The molecule has 0 spiro atoms. The van der Waals surface area contributed by atoms with Gasteiger partial charge in [-0.15, -0.1) is 0 Å². The monoisotopic (exact) mass is 180 g/mol. The Morgan fingerprint density at radius 3 is 2.92 bits per heavy atom. The van der Waals surface area contributed by atoms with Gasteiger partial charge in [-0.3, -0.25) is 4.98 Å². The largest absolute Gasteiger partial charge is 0.392 e. The van der Waals surface area contributed by atoms with Gasteiger partial charge in [-0.25, -0.2) is 0 Å². The van der Waals surface area contributed by atoms with Crippen molar-refractivity contribution < 1.29 is 5.11 Å². The molecule has 1 aromatic rings. The molecular weight excluding hydrogens is 164 g/mol. The highest BCUT2D eigenvalue weighted by molar-refractivity contribution is 5.48. The van der Waals surface area contributed by atoms with Crippen LogP contribution in [-0.2, 0) is 6.61 Å². The van der Waals surface area contributed by atoms with Crippen LogP contribution in [0, 0.1) is 5.92 Å². The van der Waals surface area contributed by atoms with Crippen molar-refractivity contribution in [2.24, 2.45) is 5.92 Å². The average Bonchev–Trinajstić information content (AvgIpc) is 2.15. The van der Waals surface area contributed by atoms with Gasteiger partial charge in [0, 0.05) is 30.2 Å². The van der Waals surface area contributed by atoms with E-state index in [4.69, 9.17) is 5.11 Å². The van der Waals surface area contributed by atoms with Crippen molar-refractivity contribution in [2.45, 2.75) is 20.5 Å². The van der Waals surface area contributed by atoms with E-state index >= 15 is 0 Å². The number of nitrogens with zero attached hydrogens (tertiary/aromatic N) is 1. The van der Waals surface area contributed by atoms with E-state index in [-0.39, 0.29) is 6.61 Å². The van der Waals surface area contributed by atoms with Crippen molar-refractivity contribution in [3.05, 3.63) is 24.0 Å². The van der Waals surface area contributed by atoms with Crippen LogP contribution in [0.25, 0.3) is 0 Å². The van der Waals surface area contributed by atoms with E-state index in [0.29, 0.717) is 5.92 Å². The van der Waals surface area contributed by atoms with Gasteiger partial charge in [0.15, 0.2) is 0 Å². The lowest BCUT2D eigenvalue weighted by atomic mass is 10.2. The maximum atomic E-state index is 9.00. The second kappa shape index (κ2) is 4.82. The summed E-state index contributed by atoms with van der Waals surface area (Å²) in [6, 6.07) is 1.88. The van der Waals surface area contributed by atoms with Crippen LogP contribution in [0.15, 0.2) is 18.5 Å². The minimum absolute atomic E-state index is 0.0360. The lowest BCUT2D eigenvalue weighted by molar-refractivity contribution is 0.282. The predicted octanol–water partition coefficient (Wildman–Crippen LogP) is 1.64. The summed E-state index contributed by atoms with van der Waals surface area (Å²) < 4.78 is 0. The Morgan fingerprint density at radius 2 is 2.31 bits per heavy atom. The summed E-state index contributed by atoms with van der Waals surface area (Å²) in [5, 5.41) is 12.3.